The maximum Gasteiger partial charge on any atom is 0.263 e. The van der Waals surface area contributed by atoms with Crippen molar-refractivity contribution in [3.05, 3.63) is 24.3 Å². The van der Waals surface area contributed by atoms with Crippen molar-refractivity contribution in [1.29, 1.82) is 0 Å². The van der Waals surface area contributed by atoms with Gasteiger partial charge >= 0.3 is 0 Å². The third-order valence-electron chi connectivity index (χ3n) is 2.84. The first-order valence-corrected chi connectivity index (χ1v) is 6.05. The number of hydrogen-bond donors (Lipinski definition) is 1. The molecule has 1 aromatic rings. The first kappa shape index (κ1) is 12.7. The van der Waals surface area contributed by atoms with Gasteiger partial charge in [0.15, 0.2) is 6.10 Å². The van der Waals surface area contributed by atoms with E-state index < -0.39 is 6.10 Å². The molecule has 5 nitrogen and oxygen atoms in total. The highest BCUT2D eigenvalue weighted by molar-refractivity contribution is 5.81. The Morgan fingerprint density at radius 3 is 2.83 bits per heavy atom. The third kappa shape index (κ3) is 3.13. The van der Waals surface area contributed by atoms with Crippen molar-refractivity contribution in [1.82, 2.24) is 4.90 Å². The number of hydrogen-bond acceptors (Lipinski definition) is 4. The van der Waals surface area contributed by atoms with Crippen LogP contribution in [-0.2, 0) is 9.53 Å². The van der Waals surface area contributed by atoms with Gasteiger partial charge in [-0.2, -0.15) is 0 Å². The number of nitrogen functional groups attached to an aromatic ring is 1. The molecule has 0 unspecified atom stereocenters. The van der Waals surface area contributed by atoms with Gasteiger partial charge in [0.2, 0.25) is 0 Å². The Balaban J connectivity index is 1.94. The molecule has 18 heavy (non-hydrogen) atoms. The average Bonchev–Trinajstić information content (AvgIpc) is 2.39. The molecule has 2 N–H and O–H groups in total. The van der Waals surface area contributed by atoms with Gasteiger partial charge < -0.3 is 20.1 Å². The van der Waals surface area contributed by atoms with Crippen LogP contribution < -0.4 is 10.5 Å². The van der Waals surface area contributed by atoms with E-state index in [-0.39, 0.29) is 5.91 Å². The molecule has 1 fully saturated rings. The third-order valence-corrected chi connectivity index (χ3v) is 2.84. The Labute approximate surface area is 106 Å². The molecule has 1 amide bonds. The van der Waals surface area contributed by atoms with Crippen LogP contribution in [0.15, 0.2) is 24.3 Å². The van der Waals surface area contributed by atoms with Gasteiger partial charge in [-0.15, -0.1) is 0 Å². The van der Waals surface area contributed by atoms with Gasteiger partial charge in [-0.05, 0) is 19.1 Å². The molecule has 0 saturated carbocycles. The van der Waals surface area contributed by atoms with Crippen LogP contribution in [-0.4, -0.2) is 43.2 Å². The van der Waals surface area contributed by atoms with Crippen LogP contribution in [0.25, 0.3) is 0 Å². The van der Waals surface area contributed by atoms with Crippen molar-refractivity contribution < 1.29 is 14.3 Å². The van der Waals surface area contributed by atoms with E-state index in [9.17, 15) is 4.79 Å². The molecule has 1 aliphatic heterocycles. The molecule has 0 radical (unpaired) electrons. The fraction of sp³-hybridized carbons (Fsp3) is 0.462. The number of morpholine rings is 1. The lowest BCUT2D eigenvalue weighted by Crippen LogP contribution is -2.46. The van der Waals surface area contributed by atoms with Crippen molar-refractivity contribution in [2.75, 3.05) is 32.0 Å². The number of ether oxygens (including phenoxy) is 2. The van der Waals surface area contributed by atoms with Crippen molar-refractivity contribution in [2.45, 2.75) is 13.0 Å². The molecule has 0 aliphatic carbocycles. The summed E-state index contributed by atoms with van der Waals surface area (Å²) >= 11 is 0. The van der Waals surface area contributed by atoms with Crippen LogP contribution in [0.5, 0.6) is 5.75 Å². The molecule has 0 bridgehead atoms. The van der Waals surface area contributed by atoms with Crippen molar-refractivity contribution in [3.8, 4) is 5.75 Å². The highest BCUT2D eigenvalue weighted by atomic mass is 16.5. The molecule has 1 saturated heterocycles. The summed E-state index contributed by atoms with van der Waals surface area (Å²) in [5.41, 5.74) is 6.28. The smallest absolute Gasteiger partial charge is 0.263 e. The number of nitrogens with zero attached hydrogens (tertiary/aromatic N) is 1. The molecule has 0 aromatic heterocycles. The van der Waals surface area contributed by atoms with E-state index in [1.165, 1.54) is 0 Å². The topological polar surface area (TPSA) is 64.8 Å². The fourth-order valence-electron chi connectivity index (χ4n) is 1.88. The molecule has 98 valence electrons. The van der Waals surface area contributed by atoms with Crippen LogP contribution in [0.3, 0.4) is 0 Å². The molecule has 1 aliphatic rings. The van der Waals surface area contributed by atoms with Gasteiger partial charge in [0, 0.05) is 24.8 Å². The standard InChI is InChI=1S/C13H18N2O3/c1-10(13(16)15-5-7-17-8-6-15)18-12-4-2-3-11(14)9-12/h2-4,9-10H,5-8,14H2,1H3/t10-/m0/s1. The molecule has 2 rings (SSSR count). The normalized spacial score (nSPS) is 17.3. The zero-order valence-electron chi connectivity index (χ0n) is 10.5. The van der Waals surface area contributed by atoms with Gasteiger partial charge in [-0.3, -0.25) is 4.79 Å². The summed E-state index contributed by atoms with van der Waals surface area (Å²) in [4.78, 5) is 13.9. The Bertz CT molecular complexity index is 416. The Hall–Kier alpha value is -1.75. The monoisotopic (exact) mass is 250 g/mol. The summed E-state index contributed by atoms with van der Waals surface area (Å²) in [5, 5.41) is 0. The van der Waals surface area contributed by atoms with E-state index in [0.29, 0.717) is 37.7 Å². The van der Waals surface area contributed by atoms with E-state index >= 15 is 0 Å². The number of anilines is 1. The van der Waals surface area contributed by atoms with E-state index in [1.807, 2.05) is 0 Å². The van der Waals surface area contributed by atoms with E-state index in [1.54, 1.807) is 36.1 Å². The SMILES string of the molecule is C[C@H](Oc1cccc(N)c1)C(=O)N1CCOCC1. The second-order valence-corrected chi connectivity index (χ2v) is 4.27. The van der Waals surface area contributed by atoms with E-state index in [2.05, 4.69) is 0 Å². The second kappa shape index (κ2) is 5.73. The molecular formula is C13H18N2O3. The summed E-state index contributed by atoms with van der Waals surface area (Å²) in [5.74, 6) is 0.602. The van der Waals surface area contributed by atoms with Crippen molar-refractivity contribution >= 4 is 11.6 Å². The highest BCUT2D eigenvalue weighted by Gasteiger charge is 2.23. The molecule has 5 heteroatoms. The number of carbonyl (C=O) groups excluding carboxylic acids is 1. The molecule has 1 aromatic carbocycles. The zero-order valence-corrected chi connectivity index (χ0v) is 10.5. The number of benzene rings is 1. The number of amides is 1. The van der Waals surface area contributed by atoms with Crippen molar-refractivity contribution in [3.63, 3.8) is 0 Å². The van der Waals surface area contributed by atoms with E-state index in [4.69, 9.17) is 15.2 Å². The van der Waals surface area contributed by atoms with E-state index in [0.717, 1.165) is 0 Å². The maximum atomic E-state index is 12.1. The van der Waals surface area contributed by atoms with Gasteiger partial charge in [0.25, 0.3) is 5.91 Å². The number of nitrogens with two attached hydrogens (primary N) is 1. The van der Waals surface area contributed by atoms with Crippen LogP contribution >= 0.6 is 0 Å². The molecule has 1 atom stereocenters. The summed E-state index contributed by atoms with van der Waals surface area (Å²) in [6.45, 7) is 4.20. The minimum absolute atomic E-state index is 0.0132. The number of rotatable bonds is 3. The predicted octanol–water partition coefficient (Wildman–Crippen LogP) is 0.895. The lowest BCUT2D eigenvalue weighted by molar-refractivity contribution is -0.142. The van der Waals surface area contributed by atoms with Crippen LogP contribution in [0.1, 0.15) is 6.92 Å². The summed E-state index contributed by atoms with van der Waals surface area (Å²) in [7, 11) is 0. The maximum absolute atomic E-state index is 12.1. The number of carbonyl (C=O) groups is 1. The zero-order chi connectivity index (χ0) is 13.0. The quantitative estimate of drug-likeness (QED) is 0.809. The Morgan fingerprint density at radius 1 is 1.44 bits per heavy atom. The predicted molar refractivity (Wildman–Crippen MR) is 68.3 cm³/mol. The van der Waals surface area contributed by atoms with Gasteiger partial charge in [0.05, 0.1) is 13.2 Å². The van der Waals surface area contributed by atoms with Gasteiger partial charge in [-0.25, -0.2) is 0 Å². The lowest BCUT2D eigenvalue weighted by atomic mass is 10.3. The molecule has 0 spiro atoms. The summed E-state index contributed by atoms with van der Waals surface area (Å²) in [6, 6.07) is 7.08. The average molecular weight is 250 g/mol. The Morgan fingerprint density at radius 2 is 2.17 bits per heavy atom. The first-order valence-electron chi connectivity index (χ1n) is 6.05. The minimum Gasteiger partial charge on any atom is -0.481 e. The van der Waals surface area contributed by atoms with Crippen LogP contribution in [0.2, 0.25) is 0 Å². The summed E-state index contributed by atoms with van der Waals surface area (Å²) < 4.78 is 10.8. The van der Waals surface area contributed by atoms with Gasteiger partial charge in [0.1, 0.15) is 5.75 Å². The fourth-order valence-corrected chi connectivity index (χ4v) is 1.88. The van der Waals surface area contributed by atoms with Crippen LogP contribution in [0.4, 0.5) is 5.69 Å². The second-order valence-electron chi connectivity index (χ2n) is 4.27. The lowest BCUT2D eigenvalue weighted by Gasteiger charge is -2.29. The first-order chi connectivity index (χ1) is 8.66. The van der Waals surface area contributed by atoms with Crippen LogP contribution in [0, 0.1) is 0 Å². The molecule has 1 heterocycles. The highest BCUT2D eigenvalue weighted by Crippen LogP contribution is 2.16. The van der Waals surface area contributed by atoms with Gasteiger partial charge in [-0.1, -0.05) is 6.07 Å². The molecular weight excluding hydrogens is 232 g/mol. The van der Waals surface area contributed by atoms with Crippen molar-refractivity contribution in [2.24, 2.45) is 0 Å². The largest absolute Gasteiger partial charge is 0.481 e. The summed E-state index contributed by atoms with van der Waals surface area (Å²) in [6.07, 6.45) is -0.509. The minimum atomic E-state index is -0.509. The Kier molecular flexibility index (Phi) is 4.04.